The molecule has 1 heteroatoms. The highest BCUT2D eigenvalue weighted by Crippen LogP contribution is 2.93. The van der Waals surface area contributed by atoms with Gasteiger partial charge in [0.15, 0.2) is 0 Å². The van der Waals surface area contributed by atoms with Crippen LogP contribution in [0.25, 0.3) is 66.4 Å². The Hall–Kier alpha value is -6.96. The van der Waals surface area contributed by atoms with Crippen molar-refractivity contribution in [2.75, 3.05) is 4.90 Å². The van der Waals surface area contributed by atoms with Gasteiger partial charge in [-0.25, -0.2) is 0 Å². The quantitative estimate of drug-likeness (QED) is 0.141. The van der Waals surface area contributed by atoms with E-state index < -0.39 is 0 Å². The minimum Gasteiger partial charge on any atom is -0.309 e. The highest BCUT2D eigenvalue weighted by Gasteiger charge is 2.87. The van der Waals surface area contributed by atoms with Crippen molar-refractivity contribution < 1.29 is 0 Å². The lowest BCUT2D eigenvalue weighted by Crippen LogP contribution is -2.87. The molecule has 0 amide bonds. The molecular formula is C61H47N. The van der Waals surface area contributed by atoms with Crippen LogP contribution in [0.15, 0.2) is 218 Å². The molecule has 0 aromatic heterocycles. The minimum atomic E-state index is 0.350. The van der Waals surface area contributed by atoms with Crippen LogP contribution in [0.4, 0.5) is 17.1 Å². The molecule has 9 aromatic carbocycles. The van der Waals surface area contributed by atoms with Crippen molar-refractivity contribution in [3.63, 3.8) is 0 Å². The van der Waals surface area contributed by atoms with E-state index in [0.29, 0.717) is 10.8 Å². The highest BCUT2D eigenvalue weighted by molar-refractivity contribution is 6.05. The van der Waals surface area contributed by atoms with Crippen molar-refractivity contribution in [3.05, 3.63) is 224 Å². The molecule has 4 aliphatic rings. The summed E-state index contributed by atoms with van der Waals surface area (Å²) in [5, 5.41) is 2.82. The molecule has 296 valence electrons. The van der Waals surface area contributed by atoms with E-state index in [2.05, 4.69) is 223 Å². The van der Waals surface area contributed by atoms with Crippen molar-refractivity contribution >= 4 is 27.8 Å². The molecule has 0 N–H and O–H groups in total. The Bertz CT molecular complexity index is 3120. The Labute approximate surface area is 365 Å². The highest BCUT2D eigenvalue weighted by atomic mass is 15.1. The molecule has 2 unspecified atom stereocenters. The number of benzene rings is 9. The zero-order valence-corrected chi connectivity index (χ0v) is 34.8. The Morgan fingerprint density at radius 3 is 1.50 bits per heavy atom. The van der Waals surface area contributed by atoms with E-state index >= 15 is 0 Å². The van der Waals surface area contributed by atoms with Crippen LogP contribution in [-0.4, -0.2) is 0 Å². The van der Waals surface area contributed by atoms with E-state index in [4.69, 9.17) is 0 Å². The van der Waals surface area contributed by atoms with E-state index in [9.17, 15) is 0 Å². The van der Waals surface area contributed by atoms with Gasteiger partial charge in [0.2, 0.25) is 0 Å². The predicted molar refractivity (Wildman–Crippen MR) is 259 cm³/mol. The summed E-state index contributed by atoms with van der Waals surface area (Å²) in [7, 11) is 0. The first-order valence-electron chi connectivity index (χ1n) is 22.6. The summed E-state index contributed by atoms with van der Waals surface area (Å²) in [4.78, 5) is 2.51. The van der Waals surface area contributed by atoms with Gasteiger partial charge in [-0.2, -0.15) is 0 Å². The second-order valence-corrected chi connectivity index (χ2v) is 18.5. The van der Waals surface area contributed by atoms with Gasteiger partial charge in [-0.3, -0.25) is 0 Å². The fourth-order valence-corrected chi connectivity index (χ4v) is 13.4. The van der Waals surface area contributed by atoms with Crippen molar-refractivity contribution in [3.8, 4) is 55.6 Å². The van der Waals surface area contributed by atoms with Crippen LogP contribution in [0.2, 0.25) is 0 Å². The fraction of sp³-hybridized carbons (Fsp3) is 0.148. The van der Waals surface area contributed by atoms with Gasteiger partial charge in [0.1, 0.15) is 0 Å². The molecule has 13 rings (SSSR count). The maximum Gasteiger partial charge on any atom is 0.0540 e. The lowest BCUT2D eigenvalue weighted by atomic mass is 9.12. The van der Waals surface area contributed by atoms with E-state index in [1.165, 1.54) is 97.8 Å². The SMILES string of the molecule is c1ccc(-c2ccc(-c3ccc(N(c4ccccc4-c4ccccc4)c4ccccc4-c4cccc5cccc(C67CC8CC9CC(C6)C987)c45)cc3)cc2-c2ccccc2)cc1. The third-order valence-electron chi connectivity index (χ3n) is 15.9. The summed E-state index contributed by atoms with van der Waals surface area (Å²) >= 11 is 0. The average molecular weight is 794 g/mol. The van der Waals surface area contributed by atoms with Gasteiger partial charge in [0.05, 0.1) is 11.4 Å². The van der Waals surface area contributed by atoms with Gasteiger partial charge in [-0.1, -0.05) is 188 Å². The van der Waals surface area contributed by atoms with Gasteiger partial charge in [-0.05, 0) is 140 Å². The van der Waals surface area contributed by atoms with E-state index in [1.54, 1.807) is 5.56 Å². The Kier molecular flexibility index (Phi) is 7.95. The molecular weight excluding hydrogens is 747 g/mol. The third-order valence-corrected chi connectivity index (χ3v) is 15.9. The van der Waals surface area contributed by atoms with Gasteiger partial charge in [-0.15, -0.1) is 0 Å². The number of rotatable bonds is 9. The first-order chi connectivity index (χ1) is 30.7. The van der Waals surface area contributed by atoms with Crippen LogP contribution in [0.1, 0.15) is 31.2 Å². The molecule has 4 aliphatic carbocycles. The number of anilines is 3. The molecule has 4 fully saturated rings. The van der Waals surface area contributed by atoms with Gasteiger partial charge < -0.3 is 4.90 Å². The lowest BCUT2D eigenvalue weighted by Gasteiger charge is -2.91. The molecule has 0 radical (unpaired) electrons. The maximum absolute atomic E-state index is 2.51. The molecule has 0 heterocycles. The Balaban J connectivity index is 0.970. The van der Waals surface area contributed by atoms with Gasteiger partial charge in [0.25, 0.3) is 0 Å². The fourth-order valence-electron chi connectivity index (χ4n) is 13.4. The van der Waals surface area contributed by atoms with Crippen LogP contribution in [0.3, 0.4) is 0 Å². The van der Waals surface area contributed by atoms with Crippen LogP contribution in [0, 0.1) is 23.2 Å². The molecule has 2 atom stereocenters. The maximum atomic E-state index is 2.51. The van der Waals surface area contributed by atoms with Crippen LogP contribution >= 0.6 is 0 Å². The molecule has 4 saturated carbocycles. The summed E-state index contributed by atoms with van der Waals surface area (Å²) in [5.74, 6) is 2.86. The molecule has 0 saturated heterocycles. The summed E-state index contributed by atoms with van der Waals surface area (Å²) in [6, 6.07) is 80.9. The number of hydrogen-bond donors (Lipinski definition) is 0. The molecule has 9 aromatic rings. The zero-order chi connectivity index (χ0) is 40.8. The number of para-hydroxylation sites is 2. The van der Waals surface area contributed by atoms with Crippen LogP contribution < -0.4 is 4.90 Å². The van der Waals surface area contributed by atoms with Crippen molar-refractivity contribution in [2.45, 2.75) is 31.1 Å². The smallest absolute Gasteiger partial charge is 0.0540 e. The van der Waals surface area contributed by atoms with E-state index in [-0.39, 0.29) is 0 Å². The zero-order valence-electron chi connectivity index (χ0n) is 34.8. The largest absolute Gasteiger partial charge is 0.309 e. The lowest BCUT2D eigenvalue weighted by molar-refractivity contribution is -0.394. The number of hydrogen-bond acceptors (Lipinski definition) is 1. The van der Waals surface area contributed by atoms with Crippen LogP contribution in [-0.2, 0) is 5.41 Å². The van der Waals surface area contributed by atoms with Crippen molar-refractivity contribution in [1.82, 2.24) is 0 Å². The summed E-state index contributed by atoms with van der Waals surface area (Å²) in [6.07, 6.45) is 5.70. The first kappa shape index (κ1) is 35.8. The topological polar surface area (TPSA) is 3.24 Å². The second kappa shape index (κ2) is 13.8. The Morgan fingerprint density at radius 2 is 0.871 bits per heavy atom. The standard InChI is InChI=1S/C61H47N/c1-4-16-42(17-5-1)51-35-32-46(36-55(51)44-20-8-3-9-21-44)41-30-33-50(34-31-41)62(57-28-12-10-24-52(57)43-18-6-2-7-19-43)58-29-13-11-25-53(58)54-26-14-22-45-23-15-27-56(59(45)54)60-39-48-37-47-38-49(40-60)61(47,48)60/h1-36,47-49H,37-40H2. The van der Waals surface area contributed by atoms with Crippen molar-refractivity contribution in [1.29, 1.82) is 0 Å². The summed E-state index contributed by atoms with van der Waals surface area (Å²) in [6.45, 7) is 0. The summed E-state index contributed by atoms with van der Waals surface area (Å²) in [5.41, 5.74) is 18.3. The third kappa shape index (κ3) is 5.03. The monoisotopic (exact) mass is 793 g/mol. The van der Waals surface area contributed by atoms with E-state index in [0.717, 1.165) is 29.1 Å². The second-order valence-electron chi connectivity index (χ2n) is 18.5. The van der Waals surface area contributed by atoms with Crippen molar-refractivity contribution in [2.24, 2.45) is 23.2 Å². The predicted octanol–water partition coefficient (Wildman–Crippen LogP) is 16.3. The molecule has 1 nitrogen and oxygen atoms in total. The van der Waals surface area contributed by atoms with Crippen LogP contribution in [0.5, 0.6) is 0 Å². The average Bonchev–Trinajstić information content (AvgIpc) is 3.32. The van der Waals surface area contributed by atoms with E-state index in [1.807, 2.05) is 0 Å². The molecule has 0 aliphatic heterocycles. The summed E-state index contributed by atoms with van der Waals surface area (Å²) < 4.78 is 0. The first-order valence-corrected chi connectivity index (χ1v) is 22.6. The Morgan fingerprint density at radius 1 is 0.355 bits per heavy atom. The molecule has 0 bridgehead atoms. The van der Waals surface area contributed by atoms with Gasteiger partial charge in [0, 0.05) is 22.2 Å². The normalized spacial score (nSPS) is 22.5. The molecule has 62 heavy (non-hydrogen) atoms. The number of fused-ring (bicyclic) bond motifs is 1. The molecule has 1 spiro atoms. The number of nitrogens with zero attached hydrogens (tertiary/aromatic N) is 1. The minimum absolute atomic E-state index is 0.350. The van der Waals surface area contributed by atoms with Gasteiger partial charge >= 0.3 is 0 Å².